The highest BCUT2D eigenvalue weighted by Crippen LogP contribution is 2.22. The summed E-state index contributed by atoms with van der Waals surface area (Å²) in [4.78, 5) is 12.3. The molecule has 0 aromatic heterocycles. The molecular weight excluding hydrogens is 340 g/mol. The number of nitrogens with zero attached hydrogens (tertiary/aromatic N) is 1. The lowest BCUT2D eigenvalue weighted by atomic mass is 10.1. The fourth-order valence-electron chi connectivity index (χ4n) is 2.35. The number of nitrogens with one attached hydrogen (secondary N) is 1. The van der Waals surface area contributed by atoms with Crippen LogP contribution in [0, 0.1) is 6.92 Å². The molecule has 6 nitrogen and oxygen atoms in total. The molecule has 1 amide bonds. The number of carbonyl (C=O) groups is 1. The zero-order chi connectivity index (χ0) is 18.4. The molecular formula is C18H22N2O4S. The molecule has 0 unspecified atom stereocenters. The quantitative estimate of drug-likeness (QED) is 0.818. The predicted octanol–water partition coefficient (Wildman–Crippen LogP) is 2.09. The molecule has 0 aliphatic heterocycles. The van der Waals surface area contributed by atoms with E-state index >= 15 is 0 Å². The van der Waals surface area contributed by atoms with Crippen molar-refractivity contribution in [2.24, 2.45) is 0 Å². The Hall–Kier alpha value is -2.54. The fourth-order valence-corrected chi connectivity index (χ4v) is 3.20. The van der Waals surface area contributed by atoms with Crippen molar-refractivity contribution < 1.29 is 17.9 Å². The first-order valence-electron chi connectivity index (χ1n) is 7.74. The van der Waals surface area contributed by atoms with E-state index in [1.54, 1.807) is 24.3 Å². The minimum Gasteiger partial charge on any atom is -0.497 e. The second-order valence-corrected chi connectivity index (χ2v) is 7.58. The van der Waals surface area contributed by atoms with E-state index in [9.17, 15) is 13.2 Å². The normalized spacial score (nSPS) is 11.0. The Morgan fingerprint density at radius 3 is 2.52 bits per heavy atom. The van der Waals surface area contributed by atoms with Crippen LogP contribution in [0.15, 0.2) is 48.5 Å². The van der Waals surface area contributed by atoms with E-state index < -0.39 is 10.0 Å². The van der Waals surface area contributed by atoms with Crippen molar-refractivity contribution in [2.75, 3.05) is 24.2 Å². The van der Waals surface area contributed by atoms with Crippen molar-refractivity contribution in [3.8, 4) is 5.75 Å². The molecule has 134 valence electrons. The van der Waals surface area contributed by atoms with Crippen molar-refractivity contribution in [2.45, 2.75) is 13.5 Å². The lowest BCUT2D eigenvalue weighted by Gasteiger charge is -2.22. The number of methoxy groups -OCH3 is 1. The van der Waals surface area contributed by atoms with E-state index in [2.05, 4.69) is 5.32 Å². The van der Waals surface area contributed by atoms with Crippen LogP contribution in [-0.2, 0) is 21.4 Å². The summed E-state index contributed by atoms with van der Waals surface area (Å²) in [5.41, 5.74) is 2.44. The number of benzene rings is 2. The number of carbonyl (C=O) groups excluding carboxylic acids is 1. The van der Waals surface area contributed by atoms with Gasteiger partial charge in [0.1, 0.15) is 12.3 Å². The Kier molecular flexibility index (Phi) is 6.03. The molecule has 0 bridgehead atoms. The predicted molar refractivity (Wildman–Crippen MR) is 98.2 cm³/mol. The monoisotopic (exact) mass is 362 g/mol. The first-order chi connectivity index (χ1) is 11.8. The molecule has 2 aromatic rings. The maximum Gasteiger partial charge on any atom is 0.241 e. The fraction of sp³-hybridized carbons (Fsp3) is 0.278. The Bertz CT molecular complexity index is 850. The van der Waals surface area contributed by atoms with Crippen molar-refractivity contribution in [3.05, 3.63) is 59.7 Å². The SMILES string of the molecule is COc1cccc(N(CC(=O)NCc2ccccc2C)S(C)(=O)=O)c1. The van der Waals surface area contributed by atoms with Crippen molar-refractivity contribution in [1.29, 1.82) is 0 Å². The van der Waals surface area contributed by atoms with Gasteiger partial charge < -0.3 is 10.1 Å². The van der Waals surface area contributed by atoms with Crippen molar-refractivity contribution >= 4 is 21.6 Å². The summed E-state index contributed by atoms with van der Waals surface area (Å²) < 4.78 is 30.4. The zero-order valence-electron chi connectivity index (χ0n) is 14.5. The highest BCUT2D eigenvalue weighted by Gasteiger charge is 2.21. The summed E-state index contributed by atoms with van der Waals surface area (Å²) in [6.07, 6.45) is 1.07. The molecule has 0 heterocycles. The standard InChI is InChI=1S/C18H22N2O4S/c1-14-7-4-5-8-15(14)12-19-18(21)13-20(25(3,22)23)16-9-6-10-17(11-16)24-2/h4-11H,12-13H2,1-3H3,(H,19,21). The van der Waals surface area contributed by atoms with Gasteiger partial charge in [-0.15, -0.1) is 0 Å². The molecule has 7 heteroatoms. The molecule has 2 rings (SSSR count). The molecule has 0 spiro atoms. The van der Waals surface area contributed by atoms with Gasteiger partial charge in [0.2, 0.25) is 15.9 Å². The van der Waals surface area contributed by atoms with Crippen LogP contribution in [0.4, 0.5) is 5.69 Å². The average molecular weight is 362 g/mol. The van der Waals surface area contributed by atoms with Crippen LogP contribution >= 0.6 is 0 Å². The van der Waals surface area contributed by atoms with Crippen molar-refractivity contribution in [3.63, 3.8) is 0 Å². The molecule has 0 aliphatic carbocycles. The van der Waals surface area contributed by atoms with Gasteiger partial charge in [0.05, 0.1) is 19.1 Å². The van der Waals surface area contributed by atoms with Crippen LogP contribution in [0.25, 0.3) is 0 Å². The van der Waals surface area contributed by atoms with Crippen LogP contribution in [0.1, 0.15) is 11.1 Å². The maximum atomic E-state index is 12.3. The molecule has 0 fully saturated rings. The largest absolute Gasteiger partial charge is 0.497 e. The van der Waals surface area contributed by atoms with E-state index in [-0.39, 0.29) is 12.5 Å². The third kappa shape index (κ3) is 5.22. The lowest BCUT2D eigenvalue weighted by molar-refractivity contribution is -0.119. The topological polar surface area (TPSA) is 75.7 Å². The molecule has 0 radical (unpaired) electrons. The highest BCUT2D eigenvalue weighted by atomic mass is 32.2. The van der Waals surface area contributed by atoms with Gasteiger partial charge in [-0.25, -0.2) is 8.42 Å². The summed E-state index contributed by atoms with van der Waals surface area (Å²) in [7, 11) is -2.11. The maximum absolute atomic E-state index is 12.3. The second-order valence-electron chi connectivity index (χ2n) is 5.67. The summed E-state index contributed by atoms with van der Waals surface area (Å²) in [6.45, 7) is 2.01. The van der Waals surface area contributed by atoms with Gasteiger partial charge in [0.15, 0.2) is 0 Å². The third-order valence-corrected chi connectivity index (χ3v) is 4.91. The minimum atomic E-state index is -3.61. The number of hydrogen-bond acceptors (Lipinski definition) is 4. The first kappa shape index (κ1) is 18.8. The van der Waals surface area contributed by atoms with E-state index in [1.807, 2.05) is 31.2 Å². The molecule has 2 aromatic carbocycles. The Balaban J connectivity index is 2.12. The van der Waals surface area contributed by atoms with Crippen LogP contribution < -0.4 is 14.4 Å². The number of ether oxygens (including phenoxy) is 1. The van der Waals surface area contributed by atoms with Crippen LogP contribution in [-0.4, -0.2) is 34.2 Å². The molecule has 0 saturated heterocycles. The molecule has 25 heavy (non-hydrogen) atoms. The van der Waals surface area contributed by atoms with E-state index in [4.69, 9.17) is 4.74 Å². The van der Waals surface area contributed by atoms with Crippen LogP contribution in [0.3, 0.4) is 0 Å². The summed E-state index contributed by atoms with van der Waals surface area (Å²) in [5.74, 6) is 0.142. The molecule has 0 aliphatic rings. The number of anilines is 1. The van der Waals surface area contributed by atoms with Crippen LogP contribution in [0.2, 0.25) is 0 Å². The minimum absolute atomic E-state index is 0.294. The van der Waals surface area contributed by atoms with Gasteiger partial charge >= 0.3 is 0 Å². The molecule has 1 N–H and O–H groups in total. The van der Waals surface area contributed by atoms with E-state index in [1.165, 1.54) is 7.11 Å². The second kappa shape index (κ2) is 8.02. The summed E-state index contributed by atoms with van der Waals surface area (Å²) >= 11 is 0. The number of rotatable bonds is 7. The number of hydrogen-bond donors (Lipinski definition) is 1. The molecule has 0 saturated carbocycles. The molecule has 0 atom stereocenters. The Morgan fingerprint density at radius 1 is 1.16 bits per heavy atom. The van der Waals surface area contributed by atoms with E-state index in [0.717, 1.165) is 21.7 Å². The number of aryl methyl sites for hydroxylation is 1. The Morgan fingerprint density at radius 2 is 1.88 bits per heavy atom. The van der Waals surface area contributed by atoms with E-state index in [0.29, 0.717) is 18.0 Å². The summed E-state index contributed by atoms with van der Waals surface area (Å²) in [6, 6.07) is 14.3. The van der Waals surface area contributed by atoms with Gasteiger partial charge in [-0.1, -0.05) is 30.3 Å². The van der Waals surface area contributed by atoms with Gasteiger partial charge in [-0.3, -0.25) is 9.10 Å². The average Bonchev–Trinajstić information content (AvgIpc) is 2.58. The van der Waals surface area contributed by atoms with Gasteiger partial charge in [-0.05, 0) is 30.2 Å². The lowest BCUT2D eigenvalue weighted by Crippen LogP contribution is -2.40. The first-order valence-corrected chi connectivity index (χ1v) is 9.59. The van der Waals surface area contributed by atoms with Crippen LogP contribution in [0.5, 0.6) is 5.75 Å². The highest BCUT2D eigenvalue weighted by molar-refractivity contribution is 7.92. The smallest absolute Gasteiger partial charge is 0.241 e. The summed E-state index contributed by atoms with van der Waals surface area (Å²) in [5, 5.41) is 2.76. The number of sulfonamides is 1. The van der Waals surface area contributed by atoms with Gasteiger partial charge in [0, 0.05) is 12.6 Å². The Labute approximate surface area is 148 Å². The zero-order valence-corrected chi connectivity index (χ0v) is 15.3. The van der Waals surface area contributed by atoms with Gasteiger partial charge in [-0.2, -0.15) is 0 Å². The third-order valence-electron chi connectivity index (χ3n) is 3.77. The van der Waals surface area contributed by atoms with Gasteiger partial charge in [0.25, 0.3) is 0 Å². The van der Waals surface area contributed by atoms with Crippen molar-refractivity contribution in [1.82, 2.24) is 5.32 Å². The number of amides is 1.